The molecule has 0 radical (unpaired) electrons. The van der Waals surface area contributed by atoms with Gasteiger partial charge < -0.3 is 14.8 Å². The molecule has 0 aliphatic heterocycles. The SMILES string of the molecule is CCc1ccc(C(C)NC(=O)CN(c2ccccc2)S(=O)(=O)c2ccc(OC)c(OC)c2)cc1. The Hall–Kier alpha value is -3.52. The summed E-state index contributed by atoms with van der Waals surface area (Å²) in [7, 11) is -1.17. The fourth-order valence-electron chi connectivity index (χ4n) is 3.56. The van der Waals surface area contributed by atoms with Gasteiger partial charge in [0.05, 0.1) is 30.8 Å². The van der Waals surface area contributed by atoms with Crippen molar-refractivity contribution in [2.24, 2.45) is 0 Å². The van der Waals surface area contributed by atoms with Gasteiger partial charge in [0.2, 0.25) is 5.91 Å². The Morgan fingerprint density at radius 2 is 1.59 bits per heavy atom. The van der Waals surface area contributed by atoms with E-state index in [0.717, 1.165) is 16.3 Å². The van der Waals surface area contributed by atoms with E-state index in [1.807, 2.05) is 31.2 Å². The summed E-state index contributed by atoms with van der Waals surface area (Å²) >= 11 is 0. The van der Waals surface area contributed by atoms with Gasteiger partial charge in [-0.1, -0.05) is 49.4 Å². The maximum absolute atomic E-state index is 13.6. The van der Waals surface area contributed by atoms with Crippen molar-refractivity contribution >= 4 is 21.6 Å². The van der Waals surface area contributed by atoms with Gasteiger partial charge in [0.1, 0.15) is 6.54 Å². The topological polar surface area (TPSA) is 84.9 Å². The van der Waals surface area contributed by atoms with Crippen molar-refractivity contribution in [3.8, 4) is 11.5 Å². The van der Waals surface area contributed by atoms with Crippen LogP contribution < -0.4 is 19.1 Å². The molecule has 3 rings (SSSR count). The van der Waals surface area contributed by atoms with Crippen molar-refractivity contribution in [1.82, 2.24) is 5.32 Å². The zero-order valence-corrected chi connectivity index (χ0v) is 20.6. The number of anilines is 1. The van der Waals surface area contributed by atoms with Crippen molar-refractivity contribution in [2.45, 2.75) is 31.2 Å². The van der Waals surface area contributed by atoms with E-state index in [-0.39, 0.29) is 23.2 Å². The molecule has 0 heterocycles. The first kappa shape index (κ1) is 25.1. The molecule has 7 nitrogen and oxygen atoms in total. The second kappa shape index (κ2) is 11.1. The predicted octanol–water partition coefficient (Wildman–Crippen LogP) is 4.34. The smallest absolute Gasteiger partial charge is 0.264 e. The van der Waals surface area contributed by atoms with Crippen LogP contribution in [0.1, 0.15) is 31.0 Å². The van der Waals surface area contributed by atoms with Crippen LogP contribution in [0.15, 0.2) is 77.7 Å². The van der Waals surface area contributed by atoms with Gasteiger partial charge in [-0.3, -0.25) is 9.10 Å². The highest BCUT2D eigenvalue weighted by molar-refractivity contribution is 7.92. The number of nitrogens with zero attached hydrogens (tertiary/aromatic N) is 1. The van der Waals surface area contributed by atoms with E-state index in [1.165, 1.54) is 38.0 Å². The van der Waals surface area contributed by atoms with Crippen molar-refractivity contribution in [3.05, 3.63) is 83.9 Å². The third-order valence-corrected chi connectivity index (χ3v) is 7.31. The molecule has 1 unspecified atom stereocenters. The Morgan fingerprint density at radius 3 is 2.18 bits per heavy atom. The molecule has 0 saturated heterocycles. The van der Waals surface area contributed by atoms with E-state index in [4.69, 9.17) is 9.47 Å². The summed E-state index contributed by atoms with van der Waals surface area (Å²) in [5.41, 5.74) is 2.53. The van der Waals surface area contributed by atoms with E-state index in [2.05, 4.69) is 12.2 Å². The van der Waals surface area contributed by atoms with E-state index in [1.54, 1.807) is 30.3 Å². The number of methoxy groups -OCH3 is 2. The number of rotatable bonds is 10. The molecule has 3 aromatic rings. The summed E-state index contributed by atoms with van der Waals surface area (Å²) in [5, 5.41) is 2.91. The fraction of sp³-hybridized carbons (Fsp3) is 0.269. The van der Waals surface area contributed by atoms with Gasteiger partial charge in [-0.25, -0.2) is 8.42 Å². The molecular formula is C26H30N2O5S. The molecule has 0 bridgehead atoms. The van der Waals surface area contributed by atoms with Gasteiger partial charge in [0.25, 0.3) is 10.0 Å². The van der Waals surface area contributed by atoms with Crippen LogP contribution in [0.3, 0.4) is 0 Å². The van der Waals surface area contributed by atoms with Crippen LogP contribution in [0, 0.1) is 0 Å². The number of hydrogen-bond acceptors (Lipinski definition) is 5. The minimum Gasteiger partial charge on any atom is -0.493 e. The number of sulfonamides is 1. The molecule has 180 valence electrons. The molecule has 0 aliphatic carbocycles. The van der Waals surface area contributed by atoms with E-state index < -0.39 is 15.9 Å². The van der Waals surface area contributed by atoms with Crippen LogP contribution in [-0.2, 0) is 21.2 Å². The molecule has 1 N–H and O–H groups in total. The first-order valence-corrected chi connectivity index (χ1v) is 12.4. The van der Waals surface area contributed by atoms with Gasteiger partial charge in [-0.2, -0.15) is 0 Å². The van der Waals surface area contributed by atoms with Crippen LogP contribution in [0.5, 0.6) is 11.5 Å². The largest absolute Gasteiger partial charge is 0.493 e. The number of ether oxygens (including phenoxy) is 2. The molecule has 1 atom stereocenters. The standard InChI is InChI=1S/C26H30N2O5S/c1-5-20-11-13-21(14-12-20)19(2)27-26(29)18-28(22-9-7-6-8-10-22)34(30,31)23-15-16-24(32-3)25(17-23)33-4/h6-17,19H,5,18H2,1-4H3,(H,27,29). The minimum absolute atomic E-state index is 0.00925. The normalized spacial score (nSPS) is 12.0. The number of carbonyl (C=O) groups is 1. The average molecular weight is 483 g/mol. The number of hydrogen-bond donors (Lipinski definition) is 1. The second-order valence-corrected chi connectivity index (χ2v) is 9.61. The molecule has 0 fully saturated rings. The quantitative estimate of drug-likeness (QED) is 0.465. The van der Waals surface area contributed by atoms with Gasteiger partial charge >= 0.3 is 0 Å². The highest BCUT2D eigenvalue weighted by Gasteiger charge is 2.28. The summed E-state index contributed by atoms with van der Waals surface area (Å²) in [5.74, 6) is 0.276. The van der Waals surface area contributed by atoms with Gasteiger partial charge in [-0.05, 0) is 48.7 Å². The average Bonchev–Trinajstić information content (AvgIpc) is 2.87. The third kappa shape index (κ3) is 5.69. The number of carbonyl (C=O) groups excluding carboxylic acids is 1. The zero-order chi connectivity index (χ0) is 24.7. The summed E-state index contributed by atoms with van der Waals surface area (Å²) in [6.07, 6.45) is 0.932. The van der Waals surface area contributed by atoms with Gasteiger partial charge in [-0.15, -0.1) is 0 Å². The molecule has 1 amide bonds. The van der Waals surface area contributed by atoms with Gasteiger partial charge in [0, 0.05) is 6.07 Å². The Morgan fingerprint density at radius 1 is 0.941 bits per heavy atom. The summed E-state index contributed by atoms with van der Waals surface area (Å²) in [6, 6.07) is 20.6. The first-order chi connectivity index (χ1) is 16.3. The lowest BCUT2D eigenvalue weighted by Gasteiger charge is -2.25. The van der Waals surface area contributed by atoms with Crippen LogP contribution in [0.2, 0.25) is 0 Å². The molecule has 0 saturated carbocycles. The molecule has 0 spiro atoms. The Kier molecular flexibility index (Phi) is 8.17. The molecular weight excluding hydrogens is 452 g/mol. The van der Waals surface area contributed by atoms with Crippen LogP contribution in [0.25, 0.3) is 0 Å². The van der Waals surface area contributed by atoms with Crippen molar-refractivity contribution in [2.75, 3.05) is 25.1 Å². The third-order valence-electron chi connectivity index (χ3n) is 5.54. The molecule has 8 heteroatoms. The maximum atomic E-state index is 13.6. The summed E-state index contributed by atoms with van der Waals surface area (Å²) in [4.78, 5) is 13.0. The monoisotopic (exact) mass is 482 g/mol. The second-order valence-electron chi connectivity index (χ2n) is 7.75. The number of aryl methyl sites for hydroxylation is 1. The lowest BCUT2D eigenvalue weighted by Crippen LogP contribution is -2.41. The molecule has 3 aromatic carbocycles. The van der Waals surface area contributed by atoms with Crippen molar-refractivity contribution < 1.29 is 22.7 Å². The van der Waals surface area contributed by atoms with Crippen LogP contribution >= 0.6 is 0 Å². The van der Waals surface area contributed by atoms with Gasteiger partial charge in [0.15, 0.2) is 11.5 Å². The van der Waals surface area contributed by atoms with Crippen LogP contribution in [-0.4, -0.2) is 35.1 Å². The highest BCUT2D eigenvalue weighted by atomic mass is 32.2. The number of benzene rings is 3. The fourth-order valence-corrected chi connectivity index (χ4v) is 4.99. The Labute approximate surface area is 201 Å². The molecule has 0 aliphatic rings. The molecule has 34 heavy (non-hydrogen) atoms. The summed E-state index contributed by atoms with van der Waals surface area (Å²) < 4.78 is 38.8. The Bertz CT molecular complexity index is 1210. The molecule has 0 aromatic heterocycles. The summed E-state index contributed by atoms with van der Waals surface area (Å²) in [6.45, 7) is 3.57. The predicted molar refractivity (Wildman–Crippen MR) is 133 cm³/mol. The van der Waals surface area contributed by atoms with Crippen LogP contribution in [0.4, 0.5) is 5.69 Å². The van der Waals surface area contributed by atoms with E-state index in [0.29, 0.717) is 11.4 Å². The highest BCUT2D eigenvalue weighted by Crippen LogP contribution is 2.32. The van der Waals surface area contributed by atoms with E-state index >= 15 is 0 Å². The lowest BCUT2D eigenvalue weighted by molar-refractivity contribution is -0.120. The van der Waals surface area contributed by atoms with Crippen molar-refractivity contribution in [1.29, 1.82) is 0 Å². The number of nitrogens with one attached hydrogen (secondary N) is 1. The minimum atomic E-state index is -4.08. The van der Waals surface area contributed by atoms with Crippen molar-refractivity contribution in [3.63, 3.8) is 0 Å². The first-order valence-electron chi connectivity index (χ1n) is 11.0. The maximum Gasteiger partial charge on any atom is 0.264 e. The Balaban J connectivity index is 1.88. The zero-order valence-electron chi connectivity index (χ0n) is 19.8. The number of amides is 1. The number of para-hydroxylation sites is 1. The van der Waals surface area contributed by atoms with E-state index in [9.17, 15) is 13.2 Å². The lowest BCUT2D eigenvalue weighted by atomic mass is 10.1.